The van der Waals surface area contributed by atoms with Gasteiger partial charge in [-0.1, -0.05) is 12.1 Å². The fraction of sp³-hybridized carbons (Fsp3) is 0.353. The lowest BCUT2D eigenvalue weighted by Crippen LogP contribution is -2.44. The summed E-state index contributed by atoms with van der Waals surface area (Å²) in [5.41, 5.74) is 0.657. The molecule has 0 saturated carbocycles. The van der Waals surface area contributed by atoms with Gasteiger partial charge in [-0.05, 0) is 25.4 Å². The highest BCUT2D eigenvalue weighted by Crippen LogP contribution is 2.21. The van der Waals surface area contributed by atoms with Gasteiger partial charge < -0.3 is 15.1 Å². The molecule has 0 bridgehead atoms. The van der Waals surface area contributed by atoms with Crippen LogP contribution in [-0.4, -0.2) is 60.3 Å². The quantitative estimate of drug-likeness (QED) is 0.859. The minimum Gasteiger partial charge on any atom is -0.354 e. The first-order valence-corrected chi connectivity index (χ1v) is 9.10. The standard InChI is InChI=1S/C17H21N5OS/c1-21-7-9-22(10-8-21)16-11-15(18-12-19-16)20-17(23)13-5-3-4-6-14(13)24-2/h3-6,11-12H,7-10H2,1-2H3,(H,18,19,20,23). The van der Waals surface area contributed by atoms with Crippen LogP contribution in [-0.2, 0) is 0 Å². The molecule has 1 aliphatic heterocycles. The number of nitrogens with zero attached hydrogens (tertiary/aromatic N) is 4. The highest BCUT2D eigenvalue weighted by Gasteiger charge is 2.17. The number of nitrogens with one attached hydrogen (secondary N) is 1. The van der Waals surface area contributed by atoms with E-state index in [-0.39, 0.29) is 5.91 Å². The Morgan fingerprint density at radius 3 is 2.67 bits per heavy atom. The second-order valence-corrected chi connectivity index (χ2v) is 6.55. The molecule has 0 atom stereocenters. The number of piperazine rings is 1. The van der Waals surface area contributed by atoms with E-state index in [2.05, 4.69) is 32.1 Å². The minimum atomic E-state index is -0.150. The van der Waals surface area contributed by atoms with Crippen LogP contribution in [0.2, 0.25) is 0 Å². The number of carbonyl (C=O) groups is 1. The molecule has 0 spiro atoms. The molecule has 2 aromatic rings. The summed E-state index contributed by atoms with van der Waals surface area (Å²) in [4.78, 5) is 26.5. The first-order chi connectivity index (χ1) is 11.7. The van der Waals surface area contributed by atoms with Crippen LogP contribution in [0.3, 0.4) is 0 Å². The zero-order valence-electron chi connectivity index (χ0n) is 13.9. The molecule has 24 heavy (non-hydrogen) atoms. The highest BCUT2D eigenvalue weighted by molar-refractivity contribution is 7.98. The summed E-state index contributed by atoms with van der Waals surface area (Å²) in [6.45, 7) is 3.87. The van der Waals surface area contributed by atoms with E-state index in [1.807, 2.05) is 36.6 Å². The maximum Gasteiger partial charge on any atom is 0.257 e. The van der Waals surface area contributed by atoms with E-state index in [4.69, 9.17) is 0 Å². The molecule has 1 amide bonds. The van der Waals surface area contributed by atoms with Gasteiger partial charge in [-0.2, -0.15) is 0 Å². The maximum absolute atomic E-state index is 12.5. The Labute approximate surface area is 146 Å². The van der Waals surface area contributed by atoms with Crippen molar-refractivity contribution in [1.29, 1.82) is 0 Å². The Kier molecular flexibility index (Phi) is 5.32. The summed E-state index contributed by atoms with van der Waals surface area (Å²) in [5.74, 6) is 1.23. The van der Waals surface area contributed by atoms with Gasteiger partial charge in [0.1, 0.15) is 18.0 Å². The third kappa shape index (κ3) is 3.85. The molecule has 1 aromatic heterocycles. The van der Waals surface area contributed by atoms with Gasteiger partial charge in [-0.3, -0.25) is 4.79 Å². The van der Waals surface area contributed by atoms with E-state index < -0.39 is 0 Å². The average molecular weight is 343 g/mol. The lowest BCUT2D eigenvalue weighted by Gasteiger charge is -2.33. The second kappa shape index (κ2) is 7.63. The Hall–Kier alpha value is -2.12. The first kappa shape index (κ1) is 16.7. The van der Waals surface area contributed by atoms with Gasteiger partial charge in [0.25, 0.3) is 5.91 Å². The number of amides is 1. The van der Waals surface area contributed by atoms with Crippen molar-refractivity contribution < 1.29 is 4.79 Å². The predicted molar refractivity (Wildman–Crippen MR) is 97.9 cm³/mol. The Balaban J connectivity index is 1.73. The van der Waals surface area contributed by atoms with Gasteiger partial charge in [0.15, 0.2) is 0 Å². The molecule has 0 radical (unpaired) electrons. The number of hydrogen-bond donors (Lipinski definition) is 1. The summed E-state index contributed by atoms with van der Waals surface area (Å²) in [6.07, 6.45) is 3.46. The predicted octanol–water partition coefficient (Wildman–Crippen LogP) is 2.20. The zero-order chi connectivity index (χ0) is 16.9. The van der Waals surface area contributed by atoms with Crippen LogP contribution in [0.1, 0.15) is 10.4 Å². The normalized spacial score (nSPS) is 15.3. The molecule has 0 aliphatic carbocycles. The van der Waals surface area contributed by atoms with Crippen molar-refractivity contribution in [2.45, 2.75) is 4.90 Å². The Morgan fingerprint density at radius 2 is 1.92 bits per heavy atom. The summed E-state index contributed by atoms with van der Waals surface area (Å²) in [7, 11) is 2.12. The summed E-state index contributed by atoms with van der Waals surface area (Å²) in [5, 5.41) is 2.88. The lowest BCUT2D eigenvalue weighted by molar-refractivity contribution is 0.102. The van der Waals surface area contributed by atoms with Gasteiger partial charge in [0.05, 0.1) is 5.56 Å². The van der Waals surface area contributed by atoms with Gasteiger partial charge in [0.2, 0.25) is 0 Å². The number of anilines is 2. The molecular formula is C17H21N5OS. The SMILES string of the molecule is CSc1ccccc1C(=O)Nc1cc(N2CCN(C)CC2)ncn1. The molecule has 1 N–H and O–H groups in total. The number of thioether (sulfide) groups is 1. The molecule has 1 saturated heterocycles. The Bertz CT molecular complexity index is 716. The van der Waals surface area contributed by atoms with Gasteiger partial charge in [0, 0.05) is 37.1 Å². The van der Waals surface area contributed by atoms with E-state index in [0.29, 0.717) is 11.4 Å². The first-order valence-electron chi connectivity index (χ1n) is 7.87. The van der Waals surface area contributed by atoms with Crippen LogP contribution in [0.4, 0.5) is 11.6 Å². The largest absolute Gasteiger partial charge is 0.354 e. The van der Waals surface area contributed by atoms with Crippen molar-refractivity contribution >= 4 is 29.3 Å². The third-order valence-electron chi connectivity index (χ3n) is 4.07. The van der Waals surface area contributed by atoms with Crippen molar-refractivity contribution in [2.75, 3.05) is 49.7 Å². The molecule has 126 valence electrons. The Morgan fingerprint density at radius 1 is 1.17 bits per heavy atom. The van der Waals surface area contributed by atoms with E-state index in [9.17, 15) is 4.79 Å². The maximum atomic E-state index is 12.5. The minimum absolute atomic E-state index is 0.150. The molecule has 0 unspecified atom stereocenters. The molecule has 6 nitrogen and oxygen atoms in total. The van der Waals surface area contributed by atoms with Crippen LogP contribution in [0, 0.1) is 0 Å². The van der Waals surface area contributed by atoms with Crippen molar-refractivity contribution in [1.82, 2.24) is 14.9 Å². The molecule has 1 fully saturated rings. The van der Waals surface area contributed by atoms with Crippen LogP contribution >= 0.6 is 11.8 Å². The molecule has 1 aromatic carbocycles. The number of carbonyl (C=O) groups excluding carboxylic acids is 1. The van der Waals surface area contributed by atoms with Crippen molar-refractivity contribution in [3.05, 3.63) is 42.2 Å². The van der Waals surface area contributed by atoms with Gasteiger partial charge in [-0.25, -0.2) is 9.97 Å². The smallest absolute Gasteiger partial charge is 0.257 e. The number of hydrogen-bond acceptors (Lipinski definition) is 6. The van der Waals surface area contributed by atoms with E-state index in [1.54, 1.807) is 11.8 Å². The van der Waals surface area contributed by atoms with Crippen molar-refractivity contribution in [3.8, 4) is 0 Å². The van der Waals surface area contributed by atoms with E-state index in [1.165, 1.54) is 6.33 Å². The molecule has 1 aliphatic rings. The zero-order valence-corrected chi connectivity index (χ0v) is 14.7. The number of rotatable bonds is 4. The monoisotopic (exact) mass is 343 g/mol. The van der Waals surface area contributed by atoms with Crippen LogP contribution in [0.15, 0.2) is 41.6 Å². The second-order valence-electron chi connectivity index (χ2n) is 5.71. The molecule has 3 rings (SSSR count). The number of likely N-dealkylation sites (N-methyl/N-ethyl adjacent to an activating group) is 1. The third-order valence-corrected chi connectivity index (χ3v) is 4.87. The van der Waals surface area contributed by atoms with Crippen LogP contribution in [0.25, 0.3) is 0 Å². The topological polar surface area (TPSA) is 61.4 Å². The molecule has 2 heterocycles. The fourth-order valence-electron chi connectivity index (χ4n) is 2.64. The average Bonchev–Trinajstić information content (AvgIpc) is 2.62. The van der Waals surface area contributed by atoms with Crippen LogP contribution in [0.5, 0.6) is 0 Å². The van der Waals surface area contributed by atoms with Crippen molar-refractivity contribution in [3.63, 3.8) is 0 Å². The molecular weight excluding hydrogens is 322 g/mol. The highest BCUT2D eigenvalue weighted by atomic mass is 32.2. The van der Waals surface area contributed by atoms with Crippen LogP contribution < -0.4 is 10.2 Å². The molecule has 7 heteroatoms. The van der Waals surface area contributed by atoms with E-state index >= 15 is 0 Å². The fourth-order valence-corrected chi connectivity index (χ4v) is 3.24. The summed E-state index contributed by atoms with van der Waals surface area (Å²) >= 11 is 1.55. The van der Waals surface area contributed by atoms with Crippen molar-refractivity contribution in [2.24, 2.45) is 0 Å². The number of aromatic nitrogens is 2. The van der Waals surface area contributed by atoms with E-state index in [0.717, 1.165) is 36.9 Å². The summed E-state index contributed by atoms with van der Waals surface area (Å²) in [6, 6.07) is 9.40. The number of benzene rings is 1. The van der Waals surface area contributed by atoms with Gasteiger partial charge >= 0.3 is 0 Å². The lowest BCUT2D eigenvalue weighted by atomic mass is 10.2. The summed E-state index contributed by atoms with van der Waals surface area (Å²) < 4.78 is 0. The van der Waals surface area contributed by atoms with Gasteiger partial charge in [-0.15, -0.1) is 11.8 Å².